The molecular weight excluding hydrogens is 266 g/mol. The summed E-state index contributed by atoms with van der Waals surface area (Å²) in [5, 5.41) is 14.4. The highest BCUT2D eigenvalue weighted by molar-refractivity contribution is 6.04. The maximum atomic E-state index is 12.0. The lowest BCUT2D eigenvalue weighted by Crippen LogP contribution is -2.36. The molecule has 0 radical (unpaired) electrons. The quantitative estimate of drug-likeness (QED) is 0.845. The van der Waals surface area contributed by atoms with Gasteiger partial charge in [-0.1, -0.05) is 18.2 Å². The standard InChI is InChI=1S/C16H11N3O2/c17-10-12-6-8-14(9-7-12)19-15(20)11-21-16(18-19)13-4-2-1-3-5-13/h1-9H,11H2. The number of nitrogens with zero attached hydrogens (tertiary/aromatic N) is 3. The first-order valence-corrected chi connectivity index (χ1v) is 6.38. The number of hydrogen-bond acceptors (Lipinski definition) is 4. The monoisotopic (exact) mass is 277 g/mol. The lowest BCUT2D eigenvalue weighted by Gasteiger charge is -2.23. The maximum Gasteiger partial charge on any atom is 0.285 e. The van der Waals surface area contributed by atoms with Gasteiger partial charge in [0, 0.05) is 5.56 Å². The number of hydrogen-bond donors (Lipinski definition) is 0. The Bertz CT molecular complexity index is 730. The predicted molar refractivity (Wildman–Crippen MR) is 77.6 cm³/mol. The smallest absolute Gasteiger partial charge is 0.285 e. The second kappa shape index (κ2) is 5.47. The Morgan fingerprint density at radius 2 is 1.81 bits per heavy atom. The SMILES string of the molecule is N#Cc1ccc(N2N=C(c3ccccc3)OCC2=O)cc1. The van der Waals surface area contributed by atoms with Crippen LogP contribution in [0.25, 0.3) is 0 Å². The molecule has 0 aromatic heterocycles. The van der Waals surface area contributed by atoms with E-state index < -0.39 is 0 Å². The van der Waals surface area contributed by atoms with Crippen molar-refractivity contribution in [3.63, 3.8) is 0 Å². The van der Waals surface area contributed by atoms with Gasteiger partial charge >= 0.3 is 0 Å². The van der Waals surface area contributed by atoms with Gasteiger partial charge in [-0.2, -0.15) is 10.3 Å². The fraction of sp³-hybridized carbons (Fsp3) is 0.0625. The van der Waals surface area contributed by atoms with Crippen molar-refractivity contribution in [1.82, 2.24) is 0 Å². The van der Waals surface area contributed by atoms with Crippen LogP contribution in [-0.2, 0) is 9.53 Å². The molecule has 102 valence electrons. The number of hydrazone groups is 1. The van der Waals surface area contributed by atoms with Crippen LogP contribution in [0, 0.1) is 11.3 Å². The molecule has 1 amide bonds. The summed E-state index contributed by atoms with van der Waals surface area (Å²) >= 11 is 0. The minimum Gasteiger partial charge on any atom is -0.466 e. The Morgan fingerprint density at radius 1 is 1.10 bits per heavy atom. The van der Waals surface area contributed by atoms with E-state index in [0.717, 1.165) is 5.56 Å². The molecule has 0 saturated carbocycles. The van der Waals surface area contributed by atoms with Crippen LogP contribution in [0.4, 0.5) is 5.69 Å². The van der Waals surface area contributed by atoms with E-state index in [9.17, 15) is 4.79 Å². The molecule has 1 heterocycles. The lowest BCUT2D eigenvalue weighted by molar-refractivity contribution is -0.121. The van der Waals surface area contributed by atoms with Gasteiger partial charge in [-0.05, 0) is 36.4 Å². The number of ether oxygens (including phenoxy) is 1. The van der Waals surface area contributed by atoms with Crippen LogP contribution in [0.2, 0.25) is 0 Å². The van der Waals surface area contributed by atoms with Crippen molar-refractivity contribution in [1.29, 1.82) is 5.26 Å². The molecule has 3 rings (SSSR count). The Balaban J connectivity index is 1.96. The molecule has 0 bridgehead atoms. The summed E-state index contributed by atoms with van der Waals surface area (Å²) in [5.74, 6) is 0.152. The van der Waals surface area contributed by atoms with E-state index in [2.05, 4.69) is 5.10 Å². The molecule has 0 fully saturated rings. The average Bonchev–Trinajstić information content (AvgIpc) is 2.56. The minimum absolute atomic E-state index is 0.0618. The summed E-state index contributed by atoms with van der Waals surface area (Å²) in [4.78, 5) is 12.0. The highest BCUT2D eigenvalue weighted by atomic mass is 16.5. The molecule has 0 N–H and O–H groups in total. The van der Waals surface area contributed by atoms with Crippen molar-refractivity contribution in [2.45, 2.75) is 0 Å². The first-order chi connectivity index (χ1) is 10.3. The molecule has 0 saturated heterocycles. The number of carbonyl (C=O) groups excluding carboxylic acids is 1. The van der Waals surface area contributed by atoms with Crippen LogP contribution in [0.5, 0.6) is 0 Å². The number of rotatable bonds is 2. The van der Waals surface area contributed by atoms with Crippen LogP contribution >= 0.6 is 0 Å². The average molecular weight is 277 g/mol. The van der Waals surface area contributed by atoms with E-state index in [0.29, 0.717) is 17.1 Å². The zero-order valence-corrected chi connectivity index (χ0v) is 11.1. The second-order valence-corrected chi connectivity index (χ2v) is 4.42. The summed E-state index contributed by atoms with van der Waals surface area (Å²) in [6.07, 6.45) is 0. The normalized spacial score (nSPS) is 14.1. The first kappa shape index (κ1) is 12.9. The zero-order valence-electron chi connectivity index (χ0n) is 11.1. The number of anilines is 1. The minimum atomic E-state index is -0.251. The summed E-state index contributed by atoms with van der Waals surface area (Å²) in [5.41, 5.74) is 1.95. The Kier molecular flexibility index (Phi) is 3.36. The Labute approximate surface area is 121 Å². The van der Waals surface area contributed by atoms with Crippen LogP contribution in [0.1, 0.15) is 11.1 Å². The lowest BCUT2D eigenvalue weighted by atomic mass is 10.2. The molecule has 0 unspecified atom stereocenters. The van der Waals surface area contributed by atoms with Crippen LogP contribution in [0.3, 0.4) is 0 Å². The molecule has 0 atom stereocenters. The van der Waals surface area contributed by atoms with Gasteiger partial charge in [0.2, 0.25) is 5.90 Å². The van der Waals surface area contributed by atoms with Gasteiger partial charge in [0.25, 0.3) is 5.91 Å². The number of amides is 1. The summed E-state index contributed by atoms with van der Waals surface area (Å²) in [6, 6.07) is 18.1. The van der Waals surface area contributed by atoms with Crippen molar-refractivity contribution >= 4 is 17.5 Å². The van der Waals surface area contributed by atoms with Gasteiger partial charge in [0.05, 0.1) is 17.3 Å². The van der Waals surface area contributed by atoms with E-state index in [1.165, 1.54) is 5.01 Å². The number of benzene rings is 2. The van der Waals surface area contributed by atoms with Gasteiger partial charge < -0.3 is 4.74 Å². The highest BCUT2D eigenvalue weighted by Gasteiger charge is 2.23. The van der Waals surface area contributed by atoms with E-state index in [4.69, 9.17) is 10.00 Å². The van der Waals surface area contributed by atoms with E-state index >= 15 is 0 Å². The van der Waals surface area contributed by atoms with Gasteiger partial charge in [0.1, 0.15) is 0 Å². The van der Waals surface area contributed by atoms with Crippen molar-refractivity contribution < 1.29 is 9.53 Å². The molecule has 1 aliphatic heterocycles. The van der Waals surface area contributed by atoms with E-state index in [-0.39, 0.29) is 12.5 Å². The molecule has 5 heteroatoms. The van der Waals surface area contributed by atoms with Crippen molar-refractivity contribution in [3.05, 3.63) is 65.7 Å². The maximum absolute atomic E-state index is 12.0. The van der Waals surface area contributed by atoms with Crippen molar-refractivity contribution in [2.24, 2.45) is 5.10 Å². The molecule has 5 nitrogen and oxygen atoms in total. The predicted octanol–water partition coefficient (Wildman–Crippen LogP) is 2.28. The summed E-state index contributed by atoms with van der Waals surface area (Å²) < 4.78 is 5.38. The van der Waals surface area contributed by atoms with Gasteiger partial charge in [-0.3, -0.25) is 4.79 Å². The third-order valence-electron chi connectivity index (χ3n) is 3.02. The van der Waals surface area contributed by atoms with Crippen molar-refractivity contribution in [3.8, 4) is 6.07 Å². The third kappa shape index (κ3) is 2.60. The highest BCUT2D eigenvalue weighted by Crippen LogP contribution is 2.19. The Morgan fingerprint density at radius 3 is 2.48 bits per heavy atom. The fourth-order valence-corrected chi connectivity index (χ4v) is 1.97. The van der Waals surface area contributed by atoms with Crippen LogP contribution in [-0.4, -0.2) is 18.4 Å². The van der Waals surface area contributed by atoms with Gasteiger partial charge in [-0.15, -0.1) is 5.10 Å². The molecular formula is C16H11N3O2. The van der Waals surface area contributed by atoms with Gasteiger partial charge in [-0.25, -0.2) is 0 Å². The van der Waals surface area contributed by atoms with Crippen LogP contribution in [0.15, 0.2) is 59.7 Å². The zero-order chi connectivity index (χ0) is 14.7. The first-order valence-electron chi connectivity index (χ1n) is 6.38. The molecule has 21 heavy (non-hydrogen) atoms. The van der Waals surface area contributed by atoms with Crippen LogP contribution < -0.4 is 5.01 Å². The third-order valence-corrected chi connectivity index (χ3v) is 3.02. The molecule has 2 aromatic carbocycles. The number of carbonyl (C=O) groups is 1. The van der Waals surface area contributed by atoms with Crippen molar-refractivity contribution in [2.75, 3.05) is 11.6 Å². The molecule has 0 spiro atoms. The molecule has 2 aromatic rings. The molecule has 1 aliphatic rings. The number of nitriles is 1. The summed E-state index contributed by atoms with van der Waals surface area (Å²) in [7, 11) is 0. The topological polar surface area (TPSA) is 65.7 Å². The fourth-order valence-electron chi connectivity index (χ4n) is 1.97. The van der Waals surface area contributed by atoms with E-state index in [1.54, 1.807) is 24.3 Å². The second-order valence-electron chi connectivity index (χ2n) is 4.42. The van der Waals surface area contributed by atoms with E-state index in [1.807, 2.05) is 36.4 Å². The largest absolute Gasteiger partial charge is 0.466 e. The van der Waals surface area contributed by atoms with Gasteiger partial charge in [0.15, 0.2) is 6.61 Å². The Hall–Kier alpha value is -3.13. The molecule has 0 aliphatic carbocycles. The summed E-state index contributed by atoms with van der Waals surface area (Å²) in [6.45, 7) is -0.0618.